The highest BCUT2D eigenvalue weighted by Gasteiger charge is 2.08. The van der Waals surface area contributed by atoms with Gasteiger partial charge in [0.2, 0.25) is 5.91 Å². The van der Waals surface area contributed by atoms with E-state index < -0.39 is 0 Å². The molecule has 7 heteroatoms. The first kappa shape index (κ1) is 15.1. The second kappa shape index (κ2) is 6.90. The van der Waals surface area contributed by atoms with Crippen LogP contribution in [0.25, 0.3) is 0 Å². The van der Waals surface area contributed by atoms with Gasteiger partial charge in [0.05, 0.1) is 12.7 Å². The molecule has 0 aliphatic heterocycles. The summed E-state index contributed by atoms with van der Waals surface area (Å²) in [6.07, 6.45) is 1.65. The molecule has 1 heterocycles. The van der Waals surface area contributed by atoms with Crippen LogP contribution < -0.4 is 10.6 Å². The third kappa shape index (κ3) is 4.32. The number of rotatable bonds is 5. The van der Waals surface area contributed by atoms with Gasteiger partial charge in [-0.1, -0.05) is 11.6 Å². The standard InChI is InChI=1S/C14H15ClN4O2/c1-9-11(7-18-19-9)6-16-13(20)8-17-14(21)10-2-4-12(15)5-3-10/h2-5,7H,6,8H2,1H3,(H,16,20)(H,17,21)(H,18,19). The fraction of sp³-hybridized carbons (Fsp3) is 0.214. The Morgan fingerprint density at radius 3 is 2.57 bits per heavy atom. The minimum Gasteiger partial charge on any atom is -0.350 e. The quantitative estimate of drug-likeness (QED) is 0.780. The maximum atomic E-state index is 11.8. The molecule has 0 unspecified atom stereocenters. The van der Waals surface area contributed by atoms with E-state index in [1.54, 1.807) is 30.5 Å². The molecule has 2 rings (SSSR count). The number of nitrogens with zero attached hydrogens (tertiary/aromatic N) is 1. The van der Waals surface area contributed by atoms with Crippen molar-refractivity contribution in [1.82, 2.24) is 20.8 Å². The van der Waals surface area contributed by atoms with Gasteiger partial charge >= 0.3 is 0 Å². The molecule has 0 aliphatic carbocycles. The van der Waals surface area contributed by atoms with Crippen molar-refractivity contribution in [2.45, 2.75) is 13.5 Å². The minimum atomic E-state index is -0.318. The molecule has 1 aromatic heterocycles. The lowest BCUT2D eigenvalue weighted by atomic mass is 10.2. The lowest BCUT2D eigenvalue weighted by Crippen LogP contribution is -2.36. The molecule has 2 amide bonds. The maximum absolute atomic E-state index is 11.8. The summed E-state index contributed by atoms with van der Waals surface area (Å²) in [5.74, 6) is -0.584. The minimum absolute atomic E-state index is 0.0850. The van der Waals surface area contributed by atoms with Crippen molar-refractivity contribution in [3.63, 3.8) is 0 Å². The van der Waals surface area contributed by atoms with Crippen LogP contribution in [-0.2, 0) is 11.3 Å². The Morgan fingerprint density at radius 1 is 1.24 bits per heavy atom. The Morgan fingerprint density at radius 2 is 1.95 bits per heavy atom. The highest BCUT2D eigenvalue weighted by Crippen LogP contribution is 2.09. The molecule has 3 N–H and O–H groups in total. The molecule has 0 bridgehead atoms. The number of halogens is 1. The molecule has 0 atom stereocenters. The van der Waals surface area contributed by atoms with Crippen LogP contribution in [0.4, 0.5) is 0 Å². The fourth-order valence-corrected chi connectivity index (χ4v) is 1.80. The highest BCUT2D eigenvalue weighted by molar-refractivity contribution is 6.30. The predicted octanol–water partition coefficient (Wildman–Crippen LogP) is 1.42. The maximum Gasteiger partial charge on any atom is 0.251 e. The van der Waals surface area contributed by atoms with E-state index in [0.29, 0.717) is 17.1 Å². The topological polar surface area (TPSA) is 86.9 Å². The number of carbonyl (C=O) groups is 2. The zero-order valence-corrected chi connectivity index (χ0v) is 12.2. The van der Waals surface area contributed by atoms with Crippen LogP contribution in [0.5, 0.6) is 0 Å². The Balaban J connectivity index is 1.77. The number of hydrogen-bond acceptors (Lipinski definition) is 3. The van der Waals surface area contributed by atoms with Gasteiger partial charge in [0.15, 0.2) is 0 Å². The zero-order valence-electron chi connectivity index (χ0n) is 11.4. The summed E-state index contributed by atoms with van der Waals surface area (Å²) in [5.41, 5.74) is 2.27. The first-order chi connectivity index (χ1) is 10.1. The highest BCUT2D eigenvalue weighted by atomic mass is 35.5. The van der Waals surface area contributed by atoms with E-state index in [9.17, 15) is 9.59 Å². The average molecular weight is 307 g/mol. The summed E-state index contributed by atoms with van der Waals surface area (Å²) in [4.78, 5) is 23.5. The molecular formula is C14H15ClN4O2. The van der Waals surface area contributed by atoms with Gasteiger partial charge in [0.25, 0.3) is 5.91 Å². The molecule has 0 radical (unpaired) electrons. The first-order valence-corrected chi connectivity index (χ1v) is 6.73. The third-order valence-corrected chi connectivity index (χ3v) is 3.18. The SMILES string of the molecule is Cc1[nH]ncc1CNC(=O)CNC(=O)c1ccc(Cl)cc1. The van der Waals surface area contributed by atoms with E-state index in [1.807, 2.05) is 6.92 Å². The number of carbonyl (C=O) groups excluding carboxylic acids is 2. The average Bonchev–Trinajstić information content (AvgIpc) is 2.88. The van der Waals surface area contributed by atoms with Gasteiger partial charge in [-0.3, -0.25) is 14.7 Å². The summed E-state index contributed by atoms with van der Waals surface area (Å²) in [6, 6.07) is 6.45. The van der Waals surface area contributed by atoms with Gasteiger partial charge in [-0.2, -0.15) is 5.10 Å². The number of amides is 2. The summed E-state index contributed by atoms with van der Waals surface area (Å²) < 4.78 is 0. The first-order valence-electron chi connectivity index (χ1n) is 6.35. The lowest BCUT2D eigenvalue weighted by molar-refractivity contribution is -0.120. The van der Waals surface area contributed by atoms with Crippen molar-refractivity contribution >= 4 is 23.4 Å². The molecule has 6 nitrogen and oxygen atoms in total. The Labute approximate surface area is 126 Å². The Bertz CT molecular complexity index is 637. The molecule has 110 valence electrons. The molecule has 2 aromatic rings. The van der Waals surface area contributed by atoms with E-state index in [4.69, 9.17) is 11.6 Å². The van der Waals surface area contributed by atoms with Gasteiger partial charge in [-0.15, -0.1) is 0 Å². The molecule has 0 aliphatic rings. The van der Waals surface area contributed by atoms with Crippen LogP contribution in [-0.4, -0.2) is 28.6 Å². The van der Waals surface area contributed by atoms with Crippen LogP contribution in [0.2, 0.25) is 5.02 Å². The van der Waals surface area contributed by atoms with Gasteiger partial charge in [-0.25, -0.2) is 0 Å². The molecule has 0 spiro atoms. The van der Waals surface area contributed by atoms with Crippen LogP contribution in [0, 0.1) is 6.92 Å². The predicted molar refractivity (Wildman–Crippen MR) is 79.0 cm³/mol. The number of nitrogens with one attached hydrogen (secondary N) is 3. The van der Waals surface area contributed by atoms with Crippen LogP contribution in [0.1, 0.15) is 21.6 Å². The second-order valence-electron chi connectivity index (χ2n) is 4.49. The molecule has 0 saturated carbocycles. The van der Waals surface area contributed by atoms with E-state index in [0.717, 1.165) is 11.3 Å². The Kier molecular flexibility index (Phi) is 4.94. The third-order valence-electron chi connectivity index (χ3n) is 2.93. The van der Waals surface area contributed by atoms with Crippen molar-refractivity contribution in [1.29, 1.82) is 0 Å². The number of aryl methyl sites for hydroxylation is 1. The molecule has 1 aromatic carbocycles. The fourth-order valence-electron chi connectivity index (χ4n) is 1.67. The monoisotopic (exact) mass is 306 g/mol. The van der Waals surface area contributed by atoms with E-state index >= 15 is 0 Å². The zero-order chi connectivity index (χ0) is 15.2. The van der Waals surface area contributed by atoms with Crippen LogP contribution in [0.3, 0.4) is 0 Å². The summed E-state index contributed by atoms with van der Waals surface area (Å²) in [7, 11) is 0. The van der Waals surface area contributed by atoms with E-state index in [-0.39, 0.29) is 18.4 Å². The summed E-state index contributed by atoms with van der Waals surface area (Å²) >= 11 is 5.74. The normalized spacial score (nSPS) is 10.2. The summed E-state index contributed by atoms with van der Waals surface area (Å²) in [5, 5.41) is 12.5. The van der Waals surface area contributed by atoms with Gasteiger partial charge in [0.1, 0.15) is 0 Å². The van der Waals surface area contributed by atoms with Crippen molar-refractivity contribution in [2.75, 3.05) is 6.54 Å². The number of H-pyrrole nitrogens is 1. The number of hydrogen-bond donors (Lipinski definition) is 3. The number of aromatic nitrogens is 2. The summed E-state index contributed by atoms with van der Waals surface area (Å²) in [6.45, 7) is 2.16. The van der Waals surface area contributed by atoms with Gasteiger partial charge in [0, 0.05) is 28.4 Å². The van der Waals surface area contributed by atoms with E-state index in [2.05, 4.69) is 20.8 Å². The van der Waals surface area contributed by atoms with Crippen molar-refractivity contribution in [3.8, 4) is 0 Å². The molecule has 0 saturated heterocycles. The Hall–Kier alpha value is -2.34. The van der Waals surface area contributed by atoms with Gasteiger partial charge in [-0.05, 0) is 31.2 Å². The molecule has 0 fully saturated rings. The van der Waals surface area contributed by atoms with Crippen molar-refractivity contribution in [2.24, 2.45) is 0 Å². The van der Waals surface area contributed by atoms with Gasteiger partial charge < -0.3 is 10.6 Å². The molecule has 21 heavy (non-hydrogen) atoms. The van der Waals surface area contributed by atoms with E-state index in [1.165, 1.54) is 0 Å². The number of benzene rings is 1. The van der Waals surface area contributed by atoms with Crippen LogP contribution in [0.15, 0.2) is 30.5 Å². The van der Waals surface area contributed by atoms with Crippen molar-refractivity contribution in [3.05, 3.63) is 52.3 Å². The number of aromatic amines is 1. The smallest absolute Gasteiger partial charge is 0.251 e. The van der Waals surface area contributed by atoms with Crippen LogP contribution >= 0.6 is 11.6 Å². The second-order valence-corrected chi connectivity index (χ2v) is 4.92. The van der Waals surface area contributed by atoms with Crippen molar-refractivity contribution < 1.29 is 9.59 Å². The largest absolute Gasteiger partial charge is 0.350 e. The molecular weight excluding hydrogens is 292 g/mol. The lowest BCUT2D eigenvalue weighted by Gasteiger charge is -2.06.